The lowest BCUT2D eigenvalue weighted by molar-refractivity contribution is 0.172. The van der Waals surface area contributed by atoms with Crippen molar-refractivity contribution in [3.05, 3.63) is 62.8 Å². The number of halogens is 2. The molecule has 2 amide bonds. The van der Waals surface area contributed by atoms with Crippen LogP contribution in [0, 0.1) is 0 Å². The molecule has 3 aromatic rings. The number of urea groups is 1. The van der Waals surface area contributed by atoms with E-state index in [9.17, 15) is 13.2 Å². The van der Waals surface area contributed by atoms with Crippen molar-refractivity contribution in [1.29, 1.82) is 0 Å². The standard InChI is InChI=1S/C23H25ClN4O3S2.ClH/c24-19-3-1-17-13-21(4-2-16(17)11-19)33(30,31)28-9-7-27(8-10-28)23(29)26-15-20-12-18-14-25-6-5-22(18)32-20;/h1-4,11-13,25H,5-10,14-15H2,(H,26,29);1H. The fourth-order valence-corrected chi connectivity index (χ4v) is 7.08. The van der Waals surface area contributed by atoms with E-state index in [0.29, 0.717) is 24.7 Å². The first-order valence-corrected chi connectivity index (χ1v) is 13.6. The number of nitrogens with zero attached hydrogens (tertiary/aromatic N) is 2. The Balaban J connectivity index is 0.00000274. The van der Waals surface area contributed by atoms with Crippen molar-refractivity contribution in [1.82, 2.24) is 19.8 Å². The summed E-state index contributed by atoms with van der Waals surface area (Å²) in [5.41, 5.74) is 1.33. The summed E-state index contributed by atoms with van der Waals surface area (Å²) in [5.74, 6) is 0. The first-order chi connectivity index (χ1) is 15.9. The monoisotopic (exact) mass is 540 g/mol. The van der Waals surface area contributed by atoms with Crippen molar-refractivity contribution in [2.24, 2.45) is 0 Å². The van der Waals surface area contributed by atoms with Gasteiger partial charge in [0, 0.05) is 54.0 Å². The van der Waals surface area contributed by atoms with Crippen LogP contribution in [0.25, 0.3) is 10.8 Å². The molecule has 0 spiro atoms. The molecule has 0 bridgehead atoms. The second-order valence-electron chi connectivity index (χ2n) is 8.29. The molecular formula is C23H26Cl2N4O3S2. The third kappa shape index (κ3) is 5.19. The minimum Gasteiger partial charge on any atom is -0.333 e. The number of hydrogen-bond acceptors (Lipinski definition) is 5. The quantitative estimate of drug-likeness (QED) is 0.526. The van der Waals surface area contributed by atoms with E-state index < -0.39 is 10.0 Å². The number of sulfonamides is 1. The van der Waals surface area contributed by atoms with Gasteiger partial charge in [0.05, 0.1) is 11.4 Å². The number of carbonyl (C=O) groups excluding carboxylic acids is 1. The third-order valence-corrected chi connectivity index (χ3v) is 9.51. The van der Waals surface area contributed by atoms with Gasteiger partial charge >= 0.3 is 6.03 Å². The summed E-state index contributed by atoms with van der Waals surface area (Å²) < 4.78 is 27.8. The number of benzene rings is 2. The molecule has 1 fully saturated rings. The minimum absolute atomic E-state index is 0. The second kappa shape index (κ2) is 10.4. The molecule has 0 aliphatic carbocycles. The molecule has 182 valence electrons. The first kappa shape index (κ1) is 25.2. The van der Waals surface area contributed by atoms with Gasteiger partial charge in [-0.25, -0.2) is 13.2 Å². The van der Waals surface area contributed by atoms with Gasteiger partial charge in [0.2, 0.25) is 10.0 Å². The van der Waals surface area contributed by atoms with Crippen LogP contribution >= 0.6 is 35.3 Å². The van der Waals surface area contributed by atoms with Crippen LogP contribution in [-0.4, -0.2) is 56.4 Å². The Bertz CT molecular complexity index is 1280. The summed E-state index contributed by atoms with van der Waals surface area (Å²) in [4.78, 5) is 17.1. The van der Waals surface area contributed by atoms with E-state index in [1.807, 2.05) is 12.1 Å². The number of carbonyl (C=O) groups is 1. The Morgan fingerprint density at radius 1 is 1.06 bits per heavy atom. The molecule has 0 atom stereocenters. The van der Waals surface area contributed by atoms with Crippen LogP contribution in [-0.2, 0) is 29.5 Å². The summed E-state index contributed by atoms with van der Waals surface area (Å²) >= 11 is 7.78. The molecular weight excluding hydrogens is 515 g/mol. The summed E-state index contributed by atoms with van der Waals surface area (Å²) in [6, 6.07) is 12.5. The maximum Gasteiger partial charge on any atom is 0.317 e. The van der Waals surface area contributed by atoms with Gasteiger partial charge in [0.1, 0.15) is 0 Å². The van der Waals surface area contributed by atoms with Crippen molar-refractivity contribution in [3.63, 3.8) is 0 Å². The average Bonchev–Trinajstić information content (AvgIpc) is 3.25. The number of piperazine rings is 1. The summed E-state index contributed by atoms with van der Waals surface area (Å²) in [5, 5.41) is 8.68. The fraction of sp³-hybridized carbons (Fsp3) is 0.348. The summed E-state index contributed by atoms with van der Waals surface area (Å²) in [7, 11) is -3.63. The smallest absolute Gasteiger partial charge is 0.317 e. The van der Waals surface area contributed by atoms with Gasteiger partial charge in [-0.05, 0) is 53.1 Å². The number of thiophene rings is 1. The second-order valence-corrected chi connectivity index (χ2v) is 11.9. The third-order valence-electron chi connectivity index (χ3n) is 6.14. The molecule has 34 heavy (non-hydrogen) atoms. The molecule has 3 heterocycles. The maximum absolute atomic E-state index is 13.2. The van der Waals surface area contributed by atoms with Crippen LogP contribution in [0.1, 0.15) is 15.3 Å². The zero-order valence-electron chi connectivity index (χ0n) is 18.4. The highest BCUT2D eigenvalue weighted by atomic mass is 35.5. The molecule has 7 nitrogen and oxygen atoms in total. The van der Waals surface area contributed by atoms with Gasteiger partial charge in [-0.2, -0.15) is 4.31 Å². The normalized spacial score (nSPS) is 16.7. The van der Waals surface area contributed by atoms with E-state index in [4.69, 9.17) is 11.6 Å². The molecule has 0 saturated carbocycles. The number of amides is 2. The Hall–Kier alpha value is -1.88. The average molecular weight is 542 g/mol. The summed E-state index contributed by atoms with van der Waals surface area (Å²) in [6.45, 7) is 3.65. The van der Waals surface area contributed by atoms with E-state index in [1.165, 1.54) is 14.7 Å². The van der Waals surface area contributed by atoms with Gasteiger partial charge in [-0.15, -0.1) is 23.7 Å². The van der Waals surface area contributed by atoms with E-state index in [-0.39, 0.29) is 36.4 Å². The van der Waals surface area contributed by atoms with E-state index in [2.05, 4.69) is 16.7 Å². The van der Waals surface area contributed by atoms with Crippen LogP contribution in [0.5, 0.6) is 0 Å². The molecule has 0 radical (unpaired) electrons. The van der Waals surface area contributed by atoms with E-state index in [1.54, 1.807) is 40.5 Å². The van der Waals surface area contributed by atoms with Crippen molar-refractivity contribution in [2.75, 3.05) is 32.7 Å². The highest BCUT2D eigenvalue weighted by Crippen LogP contribution is 2.26. The van der Waals surface area contributed by atoms with Crippen LogP contribution in [0.3, 0.4) is 0 Å². The Morgan fingerprint density at radius 3 is 2.56 bits per heavy atom. The molecule has 0 unspecified atom stereocenters. The van der Waals surface area contributed by atoms with Gasteiger partial charge in [0.15, 0.2) is 0 Å². The van der Waals surface area contributed by atoms with Crippen LogP contribution in [0.15, 0.2) is 47.4 Å². The van der Waals surface area contributed by atoms with Crippen molar-refractivity contribution in [2.45, 2.75) is 24.4 Å². The maximum atomic E-state index is 13.2. The SMILES string of the molecule is Cl.O=C(NCc1cc2c(s1)CCNC2)N1CCN(S(=O)(=O)c2ccc3cc(Cl)ccc3c2)CC1. The zero-order valence-corrected chi connectivity index (χ0v) is 21.6. The van der Waals surface area contributed by atoms with Gasteiger partial charge in [-0.1, -0.05) is 23.7 Å². The first-order valence-electron chi connectivity index (χ1n) is 10.9. The Morgan fingerprint density at radius 2 is 1.79 bits per heavy atom. The lowest BCUT2D eigenvalue weighted by Gasteiger charge is -2.34. The largest absolute Gasteiger partial charge is 0.333 e. The van der Waals surface area contributed by atoms with Crippen LogP contribution in [0.2, 0.25) is 5.02 Å². The molecule has 5 rings (SSSR count). The van der Waals surface area contributed by atoms with E-state index in [0.717, 1.165) is 35.2 Å². The highest BCUT2D eigenvalue weighted by Gasteiger charge is 2.30. The van der Waals surface area contributed by atoms with Crippen LogP contribution < -0.4 is 10.6 Å². The number of rotatable bonds is 4. The Kier molecular flexibility index (Phi) is 7.71. The van der Waals surface area contributed by atoms with Gasteiger partial charge in [-0.3, -0.25) is 0 Å². The zero-order chi connectivity index (χ0) is 23.0. The Labute approximate surface area is 214 Å². The van der Waals surface area contributed by atoms with Crippen molar-refractivity contribution in [3.8, 4) is 0 Å². The van der Waals surface area contributed by atoms with Gasteiger partial charge < -0.3 is 15.5 Å². The highest BCUT2D eigenvalue weighted by molar-refractivity contribution is 7.89. The lowest BCUT2D eigenvalue weighted by Crippen LogP contribution is -2.52. The number of fused-ring (bicyclic) bond motifs is 2. The minimum atomic E-state index is -3.63. The fourth-order valence-electron chi connectivity index (χ4n) is 4.31. The predicted octanol–water partition coefficient (Wildman–Crippen LogP) is 3.84. The lowest BCUT2D eigenvalue weighted by atomic mass is 10.1. The number of nitrogens with one attached hydrogen (secondary N) is 2. The molecule has 11 heteroatoms. The van der Waals surface area contributed by atoms with Crippen molar-refractivity contribution >= 4 is 62.2 Å². The molecule has 2 aliphatic rings. The number of hydrogen-bond donors (Lipinski definition) is 2. The molecule has 1 aromatic heterocycles. The van der Waals surface area contributed by atoms with Crippen molar-refractivity contribution < 1.29 is 13.2 Å². The molecule has 2 aliphatic heterocycles. The summed E-state index contributed by atoms with van der Waals surface area (Å²) in [6.07, 6.45) is 1.04. The van der Waals surface area contributed by atoms with E-state index >= 15 is 0 Å². The predicted molar refractivity (Wildman–Crippen MR) is 139 cm³/mol. The molecule has 1 saturated heterocycles. The molecule has 2 N–H and O–H groups in total. The van der Waals surface area contributed by atoms with Gasteiger partial charge in [0.25, 0.3) is 0 Å². The topological polar surface area (TPSA) is 81.8 Å². The van der Waals surface area contributed by atoms with Crippen LogP contribution in [0.4, 0.5) is 4.79 Å². The molecule has 2 aromatic carbocycles.